The highest BCUT2D eigenvalue weighted by Gasteiger charge is 2.13. The van der Waals surface area contributed by atoms with Crippen LogP contribution in [0.5, 0.6) is 0 Å². The lowest BCUT2D eigenvalue weighted by Gasteiger charge is -2.14. The fourth-order valence-corrected chi connectivity index (χ4v) is 4.64. The average Bonchev–Trinajstić information content (AvgIpc) is 2.43. The molecule has 1 nitrogen and oxygen atoms in total. The van der Waals surface area contributed by atoms with E-state index < -0.39 is 0 Å². The standard InChI is InChI=1S/C20H25NS2/c1-14-12-15(2)18(16(3)13-14)19(23-21-20(4,5)6)22-17-10-8-7-9-11-17/h7-13H,1-6H3. The smallest absolute Gasteiger partial charge is 0.0911 e. The summed E-state index contributed by atoms with van der Waals surface area (Å²) in [6.07, 6.45) is 0. The number of benzene rings is 2. The summed E-state index contributed by atoms with van der Waals surface area (Å²) < 4.78 is 6.04. The second-order valence-corrected chi connectivity index (χ2v) is 8.95. The Morgan fingerprint density at radius 3 is 2.00 bits per heavy atom. The van der Waals surface area contributed by atoms with Gasteiger partial charge in [-0.25, -0.2) is 4.36 Å². The van der Waals surface area contributed by atoms with Gasteiger partial charge in [-0.05, 0) is 75.9 Å². The van der Waals surface area contributed by atoms with Crippen molar-refractivity contribution in [2.75, 3.05) is 0 Å². The highest BCUT2D eigenvalue weighted by Crippen LogP contribution is 2.27. The summed E-state index contributed by atoms with van der Waals surface area (Å²) in [5.74, 6) is 0. The number of nitrogens with zero attached hydrogens (tertiary/aromatic N) is 1. The molecule has 0 saturated heterocycles. The minimum Gasteiger partial charge on any atom is -0.224 e. The van der Waals surface area contributed by atoms with Crippen LogP contribution in [0.15, 0.2) is 51.7 Å². The van der Waals surface area contributed by atoms with Crippen molar-refractivity contribution in [3.63, 3.8) is 0 Å². The van der Waals surface area contributed by atoms with Gasteiger partial charge >= 0.3 is 0 Å². The quantitative estimate of drug-likeness (QED) is 0.485. The molecular formula is C20H25NS2. The lowest BCUT2D eigenvalue weighted by Crippen LogP contribution is -2.09. The van der Waals surface area contributed by atoms with Crippen molar-refractivity contribution in [3.8, 4) is 0 Å². The molecule has 2 aromatic carbocycles. The van der Waals surface area contributed by atoms with Crippen LogP contribution < -0.4 is 0 Å². The van der Waals surface area contributed by atoms with Crippen LogP contribution in [0.1, 0.15) is 43.0 Å². The summed E-state index contributed by atoms with van der Waals surface area (Å²) in [6, 6.07) is 15.0. The van der Waals surface area contributed by atoms with E-state index in [0.717, 1.165) is 0 Å². The largest absolute Gasteiger partial charge is 0.224 e. The normalized spacial score (nSPS) is 11.2. The zero-order valence-corrected chi connectivity index (χ0v) is 16.4. The van der Waals surface area contributed by atoms with Crippen LogP contribution in [-0.2, 0) is 11.1 Å². The Labute approximate surface area is 148 Å². The highest BCUT2D eigenvalue weighted by atomic mass is 32.2. The fourth-order valence-electron chi connectivity index (χ4n) is 2.39. The zero-order valence-electron chi connectivity index (χ0n) is 14.8. The SMILES string of the molecule is Cc1cc(C)c(C(Sc2ccccc2)=S=NC(C)(C)C)c(C)c1. The molecule has 0 N–H and O–H groups in total. The van der Waals surface area contributed by atoms with E-state index in [4.69, 9.17) is 4.36 Å². The number of hydrogen-bond donors (Lipinski definition) is 0. The fraction of sp³-hybridized carbons (Fsp3) is 0.350. The lowest BCUT2D eigenvalue weighted by atomic mass is 10.0. The van der Waals surface area contributed by atoms with E-state index in [-0.39, 0.29) is 5.54 Å². The third-order valence-corrected chi connectivity index (χ3v) is 5.62. The van der Waals surface area contributed by atoms with Gasteiger partial charge in [0.05, 0.1) is 9.74 Å². The summed E-state index contributed by atoms with van der Waals surface area (Å²) in [4.78, 5) is 1.25. The second kappa shape index (κ2) is 7.50. The molecule has 0 heterocycles. The summed E-state index contributed by atoms with van der Waals surface area (Å²) in [5.41, 5.74) is 5.21. The number of rotatable bonds is 2. The van der Waals surface area contributed by atoms with E-state index in [1.807, 2.05) is 0 Å². The first-order chi connectivity index (χ1) is 10.8. The first kappa shape index (κ1) is 18.0. The molecule has 2 aromatic rings. The Balaban J connectivity index is 2.57. The molecule has 0 saturated carbocycles. The number of hydrogen-bond acceptors (Lipinski definition) is 2. The van der Waals surface area contributed by atoms with Crippen molar-refractivity contribution < 1.29 is 0 Å². The Hall–Kier alpha value is -1.32. The average molecular weight is 344 g/mol. The first-order valence-corrected chi connectivity index (χ1v) is 9.42. The molecule has 0 aliphatic carbocycles. The van der Waals surface area contributed by atoms with Crippen LogP contribution >= 0.6 is 11.8 Å². The Kier molecular flexibility index (Phi) is 5.88. The molecule has 0 bridgehead atoms. The van der Waals surface area contributed by atoms with Crippen LogP contribution in [0.2, 0.25) is 0 Å². The molecule has 2 rings (SSSR count). The van der Waals surface area contributed by atoms with Gasteiger partial charge in [-0.15, -0.1) is 0 Å². The van der Waals surface area contributed by atoms with E-state index in [1.165, 1.54) is 31.3 Å². The number of thioether (sulfide) groups is 1. The van der Waals surface area contributed by atoms with Gasteiger partial charge in [-0.1, -0.05) is 47.7 Å². The van der Waals surface area contributed by atoms with Crippen LogP contribution in [-0.4, -0.2) is 9.74 Å². The molecule has 0 aliphatic heterocycles. The van der Waals surface area contributed by atoms with Crippen molar-refractivity contribution in [1.82, 2.24) is 0 Å². The van der Waals surface area contributed by atoms with Gasteiger partial charge in [0.1, 0.15) is 0 Å². The van der Waals surface area contributed by atoms with E-state index in [9.17, 15) is 0 Å². The predicted molar refractivity (Wildman–Crippen MR) is 107 cm³/mol. The third kappa shape index (κ3) is 5.36. The Morgan fingerprint density at radius 1 is 0.913 bits per heavy atom. The highest BCUT2D eigenvalue weighted by molar-refractivity contribution is 8.21. The molecule has 0 radical (unpaired) electrons. The number of aryl methyl sites for hydroxylation is 3. The van der Waals surface area contributed by atoms with Crippen LogP contribution in [0.4, 0.5) is 0 Å². The van der Waals surface area contributed by atoms with Gasteiger partial charge in [0, 0.05) is 10.5 Å². The van der Waals surface area contributed by atoms with Crippen LogP contribution in [0, 0.1) is 20.8 Å². The maximum absolute atomic E-state index is 4.79. The maximum atomic E-state index is 4.79. The first-order valence-electron chi connectivity index (χ1n) is 7.83. The molecule has 0 fully saturated rings. The maximum Gasteiger partial charge on any atom is 0.0911 e. The van der Waals surface area contributed by atoms with Gasteiger partial charge in [0.25, 0.3) is 0 Å². The van der Waals surface area contributed by atoms with Gasteiger partial charge in [-0.2, -0.15) is 0 Å². The Bertz CT molecular complexity index is 726. The van der Waals surface area contributed by atoms with Gasteiger partial charge in [0.15, 0.2) is 0 Å². The van der Waals surface area contributed by atoms with Crippen molar-refractivity contribution in [2.24, 2.45) is 4.36 Å². The lowest BCUT2D eigenvalue weighted by molar-refractivity contribution is 0.594. The molecule has 0 atom stereocenters. The molecule has 0 spiro atoms. The zero-order chi connectivity index (χ0) is 17.0. The topological polar surface area (TPSA) is 12.4 Å². The van der Waals surface area contributed by atoms with Gasteiger partial charge in [-0.3, -0.25) is 0 Å². The monoisotopic (exact) mass is 343 g/mol. The molecule has 0 amide bonds. The van der Waals surface area contributed by atoms with E-state index >= 15 is 0 Å². The van der Waals surface area contributed by atoms with Crippen molar-refractivity contribution in [1.29, 1.82) is 0 Å². The molecule has 23 heavy (non-hydrogen) atoms. The van der Waals surface area contributed by atoms with E-state index in [2.05, 4.69) is 84.0 Å². The minimum absolute atomic E-state index is 0.0559. The summed E-state index contributed by atoms with van der Waals surface area (Å²) in [5, 5.41) is 0. The molecular weight excluding hydrogens is 318 g/mol. The molecule has 0 unspecified atom stereocenters. The molecule has 122 valence electrons. The third-order valence-electron chi connectivity index (χ3n) is 3.24. The van der Waals surface area contributed by atoms with Crippen LogP contribution in [0.3, 0.4) is 0 Å². The van der Waals surface area contributed by atoms with E-state index in [0.29, 0.717) is 0 Å². The predicted octanol–water partition coefficient (Wildman–Crippen LogP) is 5.95. The van der Waals surface area contributed by atoms with Crippen molar-refractivity contribution in [2.45, 2.75) is 52.0 Å². The second-order valence-electron chi connectivity index (χ2n) is 6.83. The van der Waals surface area contributed by atoms with Crippen molar-refractivity contribution >= 4 is 27.1 Å². The van der Waals surface area contributed by atoms with Crippen molar-refractivity contribution in [3.05, 3.63) is 64.7 Å². The molecule has 0 aromatic heterocycles. The molecule has 0 aliphatic rings. The van der Waals surface area contributed by atoms with E-state index in [1.54, 1.807) is 22.9 Å². The minimum atomic E-state index is -0.0559. The van der Waals surface area contributed by atoms with Gasteiger partial charge < -0.3 is 0 Å². The summed E-state index contributed by atoms with van der Waals surface area (Å²) in [6.45, 7) is 13.0. The van der Waals surface area contributed by atoms with Crippen LogP contribution in [0.25, 0.3) is 0 Å². The molecule has 3 heteroatoms. The van der Waals surface area contributed by atoms with Gasteiger partial charge in [0.2, 0.25) is 0 Å². The Morgan fingerprint density at radius 2 is 1.48 bits per heavy atom. The summed E-state index contributed by atoms with van der Waals surface area (Å²) >= 11 is 3.42. The summed E-state index contributed by atoms with van der Waals surface area (Å²) in [7, 11) is 0.